The van der Waals surface area contributed by atoms with Crippen LogP contribution >= 0.6 is 0 Å². The summed E-state index contributed by atoms with van der Waals surface area (Å²) in [4.78, 5) is 4.28. The Bertz CT molecular complexity index is 549. The summed E-state index contributed by atoms with van der Waals surface area (Å²) in [6.07, 6.45) is 3.64. The molecule has 0 aliphatic carbocycles. The maximum Gasteiger partial charge on any atom is 0.164 e. The molecule has 0 saturated carbocycles. The Morgan fingerprint density at radius 3 is 2.81 bits per heavy atom. The van der Waals surface area contributed by atoms with Crippen LogP contribution in [0.2, 0.25) is 0 Å². The zero-order chi connectivity index (χ0) is 15.1. The van der Waals surface area contributed by atoms with Crippen LogP contribution in [0, 0.1) is 0 Å². The number of nitrogens with zero attached hydrogens (tertiary/aromatic N) is 3. The van der Waals surface area contributed by atoms with Crippen LogP contribution < -0.4 is 10.1 Å². The van der Waals surface area contributed by atoms with Crippen molar-refractivity contribution in [3.63, 3.8) is 0 Å². The van der Waals surface area contributed by atoms with Crippen LogP contribution in [0.4, 0.5) is 0 Å². The first-order valence-corrected chi connectivity index (χ1v) is 7.55. The minimum absolute atomic E-state index is 0.301. The smallest absolute Gasteiger partial charge is 0.164 e. The van der Waals surface area contributed by atoms with Crippen LogP contribution in [0.15, 0.2) is 30.6 Å². The Labute approximate surface area is 126 Å². The van der Waals surface area contributed by atoms with E-state index in [0.717, 1.165) is 31.0 Å². The molecule has 0 radical (unpaired) electrons. The fourth-order valence-electron chi connectivity index (χ4n) is 2.42. The quantitative estimate of drug-likeness (QED) is 0.811. The summed E-state index contributed by atoms with van der Waals surface area (Å²) in [5.74, 6) is 1.77. The van der Waals surface area contributed by atoms with E-state index in [2.05, 4.69) is 35.3 Å². The van der Waals surface area contributed by atoms with E-state index in [1.807, 2.05) is 29.9 Å². The summed E-state index contributed by atoms with van der Waals surface area (Å²) in [7, 11) is 1.98. The summed E-state index contributed by atoms with van der Waals surface area (Å²) < 4.78 is 7.89. The minimum Gasteiger partial charge on any atom is -0.485 e. The molecule has 1 aromatic carbocycles. The van der Waals surface area contributed by atoms with E-state index in [4.69, 9.17) is 4.74 Å². The van der Waals surface area contributed by atoms with E-state index in [9.17, 15) is 0 Å². The third kappa shape index (κ3) is 3.82. The number of rotatable bonds is 8. The lowest BCUT2D eigenvalue weighted by Gasteiger charge is -2.18. The fraction of sp³-hybridized carbons (Fsp3) is 0.500. The third-order valence-corrected chi connectivity index (χ3v) is 3.54. The van der Waals surface area contributed by atoms with Crippen molar-refractivity contribution in [2.75, 3.05) is 7.05 Å². The molecule has 0 spiro atoms. The molecule has 1 N–H and O–H groups in total. The topological polar surface area (TPSA) is 52.0 Å². The number of hydrogen-bond acceptors (Lipinski definition) is 4. The van der Waals surface area contributed by atoms with Gasteiger partial charge in [-0.05, 0) is 26.0 Å². The molecule has 0 amide bonds. The zero-order valence-electron chi connectivity index (χ0n) is 13.0. The highest BCUT2D eigenvalue weighted by atomic mass is 16.5. The van der Waals surface area contributed by atoms with Crippen molar-refractivity contribution in [2.24, 2.45) is 0 Å². The first kappa shape index (κ1) is 15.5. The summed E-state index contributed by atoms with van der Waals surface area (Å²) in [5, 5.41) is 7.54. The monoisotopic (exact) mass is 288 g/mol. The van der Waals surface area contributed by atoms with Crippen LogP contribution in [-0.4, -0.2) is 21.8 Å². The summed E-state index contributed by atoms with van der Waals surface area (Å²) in [6.45, 7) is 5.60. The first-order valence-electron chi connectivity index (χ1n) is 7.55. The number of para-hydroxylation sites is 1. The van der Waals surface area contributed by atoms with Gasteiger partial charge in [-0.2, -0.15) is 5.10 Å². The van der Waals surface area contributed by atoms with Crippen molar-refractivity contribution in [1.29, 1.82) is 0 Å². The Morgan fingerprint density at radius 1 is 1.29 bits per heavy atom. The Morgan fingerprint density at radius 2 is 2.10 bits per heavy atom. The lowest BCUT2D eigenvalue weighted by Crippen LogP contribution is -2.16. The Kier molecular flexibility index (Phi) is 5.75. The largest absolute Gasteiger partial charge is 0.485 e. The molecule has 1 aromatic heterocycles. The van der Waals surface area contributed by atoms with Gasteiger partial charge in [0, 0.05) is 18.2 Å². The molecule has 1 atom stereocenters. The average Bonchev–Trinajstić information content (AvgIpc) is 2.95. The number of aromatic nitrogens is 3. The van der Waals surface area contributed by atoms with E-state index >= 15 is 0 Å². The van der Waals surface area contributed by atoms with Gasteiger partial charge < -0.3 is 10.1 Å². The molecule has 0 saturated heterocycles. The van der Waals surface area contributed by atoms with Crippen LogP contribution in [0.25, 0.3) is 0 Å². The highest BCUT2D eigenvalue weighted by Crippen LogP contribution is 2.27. The van der Waals surface area contributed by atoms with Gasteiger partial charge in [0.25, 0.3) is 0 Å². The predicted octanol–water partition coefficient (Wildman–Crippen LogP) is 2.94. The maximum absolute atomic E-state index is 5.99. The molecular weight excluding hydrogens is 264 g/mol. The lowest BCUT2D eigenvalue weighted by atomic mass is 10.0. The second-order valence-corrected chi connectivity index (χ2v) is 4.98. The average molecular weight is 288 g/mol. The number of hydrogen-bond donors (Lipinski definition) is 1. The highest BCUT2D eigenvalue weighted by molar-refractivity contribution is 5.35. The molecule has 2 aromatic rings. The van der Waals surface area contributed by atoms with Gasteiger partial charge in [0.05, 0.1) is 0 Å². The molecule has 2 rings (SSSR count). The number of nitrogens with one attached hydrogen (secondary N) is 1. The molecule has 5 nitrogen and oxygen atoms in total. The van der Waals surface area contributed by atoms with Gasteiger partial charge in [-0.1, -0.05) is 32.0 Å². The van der Waals surface area contributed by atoms with Gasteiger partial charge in [0.1, 0.15) is 18.7 Å². The summed E-state index contributed by atoms with van der Waals surface area (Å²) >= 11 is 0. The molecule has 5 heteroatoms. The van der Waals surface area contributed by atoms with Gasteiger partial charge in [-0.25, -0.2) is 9.67 Å². The third-order valence-electron chi connectivity index (χ3n) is 3.54. The summed E-state index contributed by atoms with van der Waals surface area (Å²) in [5.41, 5.74) is 1.18. The zero-order valence-corrected chi connectivity index (χ0v) is 13.0. The molecule has 0 aliphatic rings. The second kappa shape index (κ2) is 7.78. The van der Waals surface area contributed by atoms with Crippen molar-refractivity contribution in [2.45, 2.75) is 45.9 Å². The first-order chi connectivity index (χ1) is 10.3. The van der Waals surface area contributed by atoms with E-state index in [1.165, 1.54) is 5.56 Å². The van der Waals surface area contributed by atoms with E-state index in [1.54, 1.807) is 6.33 Å². The van der Waals surface area contributed by atoms with Gasteiger partial charge >= 0.3 is 0 Å². The van der Waals surface area contributed by atoms with Gasteiger partial charge in [-0.3, -0.25) is 0 Å². The highest BCUT2D eigenvalue weighted by Gasteiger charge is 2.13. The van der Waals surface area contributed by atoms with E-state index < -0.39 is 0 Å². The van der Waals surface area contributed by atoms with Crippen molar-refractivity contribution in [3.05, 3.63) is 42.0 Å². The van der Waals surface area contributed by atoms with Crippen LogP contribution in [0.1, 0.15) is 44.1 Å². The molecule has 114 valence electrons. The van der Waals surface area contributed by atoms with Gasteiger partial charge in [-0.15, -0.1) is 0 Å². The molecular formula is C16H24N4O. The molecule has 0 fully saturated rings. The Hall–Kier alpha value is -1.88. The van der Waals surface area contributed by atoms with Crippen LogP contribution in [0.3, 0.4) is 0 Å². The number of benzene rings is 1. The molecule has 1 heterocycles. The number of aryl methyl sites for hydroxylation is 1. The van der Waals surface area contributed by atoms with E-state index in [0.29, 0.717) is 12.6 Å². The van der Waals surface area contributed by atoms with Crippen molar-refractivity contribution >= 4 is 0 Å². The van der Waals surface area contributed by atoms with Crippen molar-refractivity contribution in [3.8, 4) is 5.75 Å². The molecule has 0 bridgehead atoms. The SMILES string of the molecule is CCCn1ncnc1COc1ccccc1C(CC)NC. The van der Waals surface area contributed by atoms with Gasteiger partial charge in [0.2, 0.25) is 0 Å². The lowest BCUT2D eigenvalue weighted by molar-refractivity contribution is 0.280. The minimum atomic E-state index is 0.301. The Balaban J connectivity index is 2.11. The van der Waals surface area contributed by atoms with Gasteiger partial charge in [0.15, 0.2) is 5.82 Å². The normalized spacial score (nSPS) is 12.3. The molecule has 0 aliphatic heterocycles. The molecule has 21 heavy (non-hydrogen) atoms. The fourth-order valence-corrected chi connectivity index (χ4v) is 2.42. The second-order valence-electron chi connectivity index (χ2n) is 4.98. The van der Waals surface area contributed by atoms with Crippen LogP contribution in [0.5, 0.6) is 5.75 Å². The number of ether oxygens (including phenoxy) is 1. The van der Waals surface area contributed by atoms with E-state index in [-0.39, 0.29) is 0 Å². The van der Waals surface area contributed by atoms with Crippen LogP contribution in [-0.2, 0) is 13.2 Å². The van der Waals surface area contributed by atoms with Crippen molar-refractivity contribution in [1.82, 2.24) is 20.1 Å². The molecule has 1 unspecified atom stereocenters. The maximum atomic E-state index is 5.99. The predicted molar refractivity (Wildman–Crippen MR) is 83.2 cm³/mol. The standard InChI is InChI=1S/C16H24N4O/c1-4-10-20-16(18-12-19-20)11-21-15-9-7-6-8-13(15)14(5-2)17-3/h6-9,12,14,17H,4-5,10-11H2,1-3H3. The van der Waals surface area contributed by atoms with Crippen molar-refractivity contribution < 1.29 is 4.74 Å². The summed E-state index contributed by atoms with van der Waals surface area (Å²) in [6, 6.07) is 8.46.